The van der Waals surface area contributed by atoms with Crippen LogP contribution in [-0.4, -0.2) is 61.2 Å². The van der Waals surface area contributed by atoms with E-state index in [0.29, 0.717) is 12.1 Å². The lowest BCUT2D eigenvalue weighted by atomic mass is 10.1. The normalized spacial score (nSPS) is 19.6. The molecule has 0 bridgehead atoms. The number of likely N-dealkylation sites (tertiary alicyclic amines) is 1. The number of benzene rings is 2. The molecule has 2 aliphatic heterocycles. The van der Waals surface area contributed by atoms with Crippen molar-refractivity contribution in [2.45, 2.75) is 45.4 Å². The molecule has 0 aliphatic carbocycles. The van der Waals surface area contributed by atoms with Crippen molar-refractivity contribution in [1.82, 2.24) is 9.80 Å². The van der Waals surface area contributed by atoms with Gasteiger partial charge in [0.2, 0.25) is 0 Å². The van der Waals surface area contributed by atoms with Crippen molar-refractivity contribution >= 4 is 5.69 Å². The highest BCUT2D eigenvalue weighted by Crippen LogP contribution is 2.22. The lowest BCUT2D eigenvalue weighted by Gasteiger charge is -2.36. The van der Waals surface area contributed by atoms with Gasteiger partial charge in [-0.3, -0.25) is 4.90 Å². The average Bonchev–Trinajstić information content (AvgIpc) is 2.77. The average molecular weight is 394 g/mol. The van der Waals surface area contributed by atoms with Crippen molar-refractivity contribution in [2.24, 2.45) is 0 Å². The number of anilines is 1. The summed E-state index contributed by atoms with van der Waals surface area (Å²) in [4.78, 5) is 7.58. The monoisotopic (exact) mass is 393 g/mol. The van der Waals surface area contributed by atoms with Crippen molar-refractivity contribution < 1.29 is 4.74 Å². The second-order valence-corrected chi connectivity index (χ2v) is 8.69. The van der Waals surface area contributed by atoms with Gasteiger partial charge in [0.15, 0.2) is 0 Å². The molecule has 156 valence electrons. The Balaban J connectivity index is 1.22. The third-order valence-corrected chi connectivity index (χ3v) is 6.33. The number of ether oxygens (including phenoxy) is 1. The Labute approximate surface area is 176 Å². The van der Waals surface area contributed by atoms with Gasteiger partial charge in [0, 0.05) is 57.5 Å². The summed E-state index contributed by atoms with van der Waals surface area (Å²) in [6.07, 6.45) is 2.62. The standard InChI is InChI=1S/C25H35N3O/c1-21(2)27-14-12-25(13-15-27)29-24-10-8-22(9-11-24)20-26-16-18-28(19-17-26)23-6-4-3-5-7-23/h3-11,21,25H,12-20H2,1-2H3. The number of hydrogen-bond donors (Lipinski definition) is 0. The number of rotatable bonds is 6. The molecule has 0 aromatic heterocycles. The van der Waals surface area contributed by atoms with Gasteiger partial charge in [-0.25, -0.2) is 0 Å². The fraction of sp³-hybridized carbons (Fsp3) is 0.520. The summed E-state index contributed by atoms with van der Waals surface area (Å²) < 4.78 is 6.24. The van der Waals surface area contributed by atoms with Crippen LogP contribution in [0.5, 0.6) is 5.75 Å². The van der Waals surface area contributed by atoms with Gasteiger partial charge in [-0.2, -0.15) is 0 Å². The molecule has 0 spiro atoms. The Morgan fingerprint density at radius 2 is 1.48 bits per heavy atom. The zero-order valence-electron chi connectivity index (χ0n) is 18.0. The number of hydrogen-bond acceptors (Lipinski definition) is 4. The van der Waals surface area contributed by atoms with Crippen molar-refractivity contribution in [3.8, 4) is 5.75 Å². The highest BCUT2D eigenvalue weighted by molar-refractivity contribution is 5.46. The molecule has 2 heterocycles. The summed E-state index contributed by atoms with van der Waals surface area (Å²) in [5.74, 6) is 1.02. The van der Waals surface area contributed by atoms with Gasteiger partial charge in [0.25, 0.3) is 0 Å². The van der Waals surface area contributed by atoms with Crippen molar-refractivity contribution in [3.05, 3.63) is 60.2 Å². The van der Waals surface area contributed by atoms with E-state index in [-0.39, 0.29) is 0 Å². The fourth-order valence-electron chi connectivity index (χ4n) is 4.44. The number of piperazine rings is 1. The summed E-state index contributed by atoms with van der Waals surface area (Å²) in [5, 5.41) is 0. The first-order chi connectivity index (χ1) is 14.2. The number of piperidine rings is 1. The number of para-hydroxylation sites is 1. The molecule has 4 nitrogen and oxygen atoms in total. The van der Waals surface area contributed by atoms with Crippen LogP contribution >= 0.6 is 0 Å². The van der Waals surface area contributed by atoms with Crippen LogP contribution < -0.4 is 9.64 Å². The molecule has 0 N–H and O–H groups in total. The van der Waals surface area contributed by atoms with Gasteiger partial charge in [0.05, 0.1) is 0 Å². The first-order valence-electron chi connectivity index (χ1n) is 11.2. The van der Waals surface area contributed by atoms with E-state index in [9.17, 15) is 0 Å². The molecule has 0 amide bonds. The van der Waals surface area contributed by atoms with Crippen molar-refractivity contribution in [3.63, 3.8) is 0 Å². The summed E-state index contributed by atoms with van der Waals surface area (Å²) in [7, 11) is 0. The van der Waals surface area contributed by atoms with E-state index in [4.69, 9.17) is 4.74 Å². The first-order valence-corrected chi connectivity index (χ1v) is 11.2. The van der Waals surface area contributed by atoms with Gasteiger partial charge in [0.1, 0.15) is 11.9 Å². The van der Waals surface area contributed by atoms with Crippen LogP contribution in [0.3, 0.4) is 0 Å². The van der Waals surface area contributed by atoms with E-state index in [2.05, 4.69) is 83.1 Å². The van der Waals surface area contributed by atoms with Gasteiger partial charge in [-0.15, -0.1) is 0 Å². The maximum atomic E-state index is 6.24. The van der Waals surface area contributed by atoms with E-state index in [0.717, 1.165) is 64.4 Å². The summed E-state index contributed by atoms with van der Waals surface area (Å²) in [5.41, 5.74) is 2.72. The zero-order valence-corrected chi connectivity index (χ0v) is 18.0. The van der Waals surface area contributed by atoms with Crippen LogP contribution in [0.15, 0.2) is 54.6 Å². The third-order valence-electron chi connectivity index (χ3n) is 6.33. The molecule has 0 saturated carbocycles. The lowest BCUT2D eigenvalue weighted by molar-refractivity contribution is 0.0843. The SMILES string of the molecule is CC(C)N1CCC(Oc2ccc(CN3CCN(c4ccccc4)CC3)cc2)CC1. The van der Waals surface area contributed by atoms with E-state index in [1.165, 1.54) is 11.3 Å². The van der Waals surface area contributed by atoms with E-state index in [1.807, 2.05) is 0 Å². The molecule has 2 aromatic rings. The highest BCUT2D eigenvalue weighted by atomic mass is 16.5. The Bertz CT molecular complexity index is 730. The Hall–Kier alpha value is -2.04. The van der Waals surface area contributed by atoms with Crippen LogP contribution in [-0.2, 0) is 6.54 Å². The van der Waals surface area contributed by atoms with E-state index < -0.39 is 0 Å². The molecule has 4 rings (SSSR count). The molecule has 2 saturated heterocycles. The zero-order chi connectivity index (χ0) is 20.1. The van der Waals surface area contributed by atoms with Crippen LogP contribution in [0, 0.1) is 0 Å². The molecule has 29 heavy (non-hydrogen) atoms. The summed E-state index contributed by atoms with van der Waals surface area (Å²) in [6, 6.07) is 20.2. The van der Waals surface area contributed by atoms with Gasteiger partial charge < -0.3 is 14.5 Å². The minimum absolute atomic E-state index is 0.363. The summed E-state index contributed by atoms with van der Waals surface area (Å²) >= 11 is 0. The Kier molecular flexibility index (Phi) is 6.73. The second-order valence-electron chi connectivity index (χ2n) is 8.69. The van der Waals surface area contributed by atoms with E-state index >= 15 is 0 Å². The van der Waals surface area contributed by atoms with Crippen LogP contribution in [0.2, 0.25) is 0 Å². The number of nitrogens with zero attached hydrogens (tertiary/aromatic N) is 3. The fourth-order valence-corrected chi connectivity index (χ4v) is 4.44. The second kappa shape index (κ2) is 9.64. The van der Waals surface area contributed by atoms with Crippen LogP contribution in [0.25, 0.3) is 0 Å². The molecular weight excluding hydrogens is 358 g/mol. The minimum Gasteiger partial charge on any atom is -0.490 e. The quantitative estimate of drug-likeness (QED) is 0.730. The first kappa shape index (κ1) is 20.2. The smallest absolute Gasteiger partial charge is 0.119 e. The lowest BCUT2D eigenvalue weighted by Crippen LogP contribution is -2.45. The molecule has 2 aromatic carbocycles. The predicted octanol–water partition coefficient (Wildman–Crippen LogP) is 4.26. The maximum Gasteiger partial charge on any atom is 0.119 e. The molecule has 0 radical (unpaired) electrons. The topological polar surface area (TPSA) is 19.0 Å². The summed E-state index contributed by atoms with van der Waals surface area (Å²) in [6.45, 7) is 12.3. The third kappa shape index (κ3) is 5.52. The van der Waals surface area contributed by atoms with Gasteiger partial charge in [-0.1, -0.05) is 30.3 Å². The minimum atomic E-state index is 0.363. The highest BCUT2D eigenvalue weighted by Gasteiger charge is 2.22. The van der Waals surface area contributed by atoms with Gasteiger partial charge >= 0.3 is 0 Å². The van der Waals surface area contributed by atoms with E-state index in [1.54, 1.807) is 0 Å². The largest absolute Gasteiger partial charge is 0.490 e. The van der Waals surface area contributed by atoms with Crippen molar-refractivity contribution in [1.29, 1.82) is 0 Å². The molecule has 0 atom stereocenters. The predicted molar refractivity (Wildman–Crippen MR) is 121 cm³/mol. The van der Waals surface area contributed by atoms with Crippen molar-refractivity contribution in [2.75, 3.05) is 44.2 Å². The van der Waals surface area contributed by atoms with Gasteiger partial charge in [-0.05, 0) is 56.5 Å². The van der Waals surface area contributed by atoms with Crippen LogP contribution in [0.1, 0.15) is 32.3 Å². The Morgan fingerprint density at radius 1 is 0.828 bits per heavy atom. The maximum absolute atomic E-state index is 6.24. The molecule has 2 aliphatic rings. The molecule has 2 fully saturated rings. The Morgan fingerprint density at radius 3 is 2.10 bits per heavy atom. The van der Waals surface area contributed by atoms with Crippen LogP contribution in [0.4, 0.5) is 5.69 Å². The molecule has 4 heteroatoms. The molecular formula is C25H35N3O. The molecule has 0 unspecified atom stereocenters.